The van der Waals surface area contributed by atoms with E-state index in [1.807, 2.05) is 0 Å². The number of benzene rings is 1. The molecule has 1 aliphatic rings. The third-order valence-electron chi connectivity index (χ3n) is 5.83. The van der Waals surface area contributed by atoms with Gasteiger partial charge in [0, 0.05) is 43.3 Å². The van der Waals surface area contributed by atoms with Crippen molar-refractivity contribution in [3.8, 4) is 0 Å². The van der Waals surface area contributed by atoms with Crippen LogP contribution in [-0.4, -0.2) is 65.5 Å². The highest BCUT2D eigenvalue weighted by molar-refractivity contribution is 6.34. The molecule has 0 bridgehead atoms. The summed E-state index contributed by atoms with van der Waals surface area (Å²) in [6, 6.07) is 3.29. The van der Waals surface area contributed by atoms with Crippen LogP contribution in [0.25, 0.3) is 11.6 Å². The second kappa shape index (κ2) is 10.9. The number of amides is 4. The van der Waals surface area contributed by atoms with Gasteiger partial charge in [0.15, 0.2) is 0 Å². The Morgan fingerprint density at radius 3 is 2.54 bits per heavy atom. The molecular formula is C26H32FN5O5. The van der Waals surface area contributed by atoms with Crippen LogP contribution >= 0.6 is 0 Å². The Labute approximate surface area is 214 Å². The zero-order chi connectivity index (χ0) is 27.5. The lowest BCUT2D eigenvalue weighted by Gasteiger charge is -2.28. The van der Waals surface area contributed by atoms with Crippen LogP contribution in [0.4, 0.5) is 14.9 Å². The van der Waals surface area contributed by atoms with E-state index in [-0.39, 0.29) is 30.8 Å². The fourth-order valence-corrected chi connectivity index (χ4v) is 3.62. The van der Waals surface area contributed by atoms with Crippen LogP contribution in [0.3, 0.4) is 0 Å². The number of carbonyl (C=O) groups is 4. The maximum absolute atomic E-state index is 13.7. The number of hydrogen-bond acceptors (Lipinski definition) is 5. The number of H-pyrrole nitrogens is 1. The molecule has 0 unspecified atom stereocenters. The molecule has 3 rings (SSSR count). The molecular weight excluding hydrogens is 481 g/mol. The van der Waals surface area contributed by atoms with E-state index < -0.39 is 23.6 Å². The van der Waals surface area contributed by atoms with E-state index in [2.05, 4.69) is 20.9 Å². The zero-order valence-corrected chi connectivity index (χ0v) is 21.7. The monoisotopic (exact) mass is 513 g/mol. The van der Waals surface area contributed by atoms with Gasteiger partial charge < -0.3 is 25.7 Å². The van der Waals surface area contributed by atoms with Gasteiger partial charge in [0.05, 0.1) is 11.1 Å². The first-order chi connectivity index (χ1) is 17.3. The van der Waals surface area contributed by atoms with E-state index in [0.717, 1.165) is 0 Å². The lowest BCUT2D eigenvalue weighted by atomic mass is 10.0. The molecule has 11 heteroatoms. The van der Waals surface area contributed by atoms with Crippen molar-refractivity contribution < 1.29 is 28.3 Å². The second-order valence-corrected chi connectivity index (χ2v) is 9.76. The molecule has 0 radical (unpaired) electrons. The summed E-state index contributed by atoms with van der Waals surface area (Å²) in [6.45, 7) is 8.84. The van der Waals surface area contributed by atoms with Gasteiger partial charge in [-0.3, -0.25) is 19.3 Å². The van der Waals surface area contributed by atoms with E-state index in [1.54, 1.807) is 40.7 Å². The van der Waals surface area contributed by atoms with E-state index in [0.29, 0.717) is 33.6 Å². The van der Waals surface area contributed by atoms with Crippen LogP contribution in [0, 0.1) is 12.7 Å². The van der Waals surface area contributed by atoms with Crippen LogP contribution in [-0.2, 0) is 14.3 Å². The van der Waals surface area contributed by atoms with Crippen LogP contribution in [0.5, 0.6) is 0 Å². The first-order valence-electron chi connectivity index (χ1n) is 11.8. The molecule has 1 aromatic heterocycles. The third-order valence-corrected chi connectivity index (χ3v) is 5.83. The molecule has 2 heterocycles. The summed E-state index contributed by atoms with van der Waals surface area (Å²) in [5.41, 5.74) is 2.11. The number of hydrogen-bond donors (Lipinski definition) is 4. The van der Waals surface area contributed by atoms with Crippen LogP contribution in [0.1, 0.15) is 54.9 Å². The lowest BCUT2D eigenvalue weighted by molar-refractivity contribution is -0.125. The fraction of sp³-hybridized carbons (Fsp3) is 0.385. The highest BCUT2D eigenvalue weighted by atomic mass is 19.1. The van der Waals surface area contributed by atoms with Gasteiger partial charge >= 0.3 is 6.09 Å². The largest absolute Gasteiger partial charge is 0.444 e. The van der Waals surface area contributed by atoms with Crippen molar-refractivity contribution in [2.75, 3.05) is 25.5 Å². The lowest BCUT2D eigenvalue weighted by Crippen LogP contribution is -2.48. The van der Waals surface area contributed by atoms with E-state index >= 15 is 0 Å². The van der Waals surface area contributed by atoms with Crippen molar-refractivity contribution in [1.29, 1.82) is 0 Å². The number of aromatic nitrogens is 1. The summed E-state index contributed by atoms with van der Waals surface area (Å²) in [5.74, 6) is -1.57. The van der Waals surface area contributed by atoms with Crippen molar-refractivity contribution in [2.24, 2.45) is 0 Å². The molecule has 2 aromatic rings. The Balaban J connectivity index is 1.55. The Kier molecular flexibility index (Phi) is 8.05. The molecule has 1 aliphatic heterocycles. The van der Waals surface area contributed by atoms with E-state index in [9.17, 15) is 23.6 Å². The molecule has 4 N–H and O–H groups in total. The van der Waals surface area contributed by atoms with E-state index in [1.165, 1.54) is 36.3 Å². The molecule has 0 saturated carbocycles. The Morgan fingerprint density at radius 2 is 1.86 bits per heavy atom. The van der Waals surface area contributed by atoms with Crippen molar-refractivity contribution in [3.63, 3.8) is 0 Å². The van der Waals surface area contributed by atoms with Crippen molar-refractivity contribution in [2.45, 2.75) is 46.3 Å². The van der Waals surface area contributed by atoms with Crippen LogP contribution < -0.4 is 16.0 Å². The van der Waals surface area contributed by atoms with Crippen LogP contribution in [0.15, 0.2) is 24.4 Å². The highest BCUT2D eigenvalue weighted by Crippen LogP contribution is 2.34. The minimum absolute atomic E-state index is 0.153. The maximum Gasteiger partial charge on any atom is 0.410 e. The molecule has 1 aromatic carbocycles. The average Bonchev–Trinajstić information content (AvgIpc) is 3.33. The zero-order valence-electron chi connectivity index (χ0n) is 21.7. The SMILES string of the molecule is Cc1c(C(=O)NCCNC(=O)[C@H](C)N(C)C(=O)OC(C)(C)C)c[nH]c1/C=C1\C(=O)Nc2ccc(F)cc21. The third kappa shape index (κ3) is 6.54. The molecule has 37 heavy (non-hydrogen) atoms. The number of ether oxygens (including phenoxy) is 1. The predicted molar refractivity (Wildman–Crippen MR) is 137 cm³/mol. The maximum atomic E-state index is 13.7. The van der Waals surface area contributed by atoms with Gasteiger partial charge in [-0.25, -0.2) is 9.18 Å². The van der Waals surface area contributed by atoms with Crippen LogP contribution in [0.2, 0.25) is 0 Å². The normalized spacial score (nSPS) is 14.6. The van der Waals surface area contributed by atoms with Gasteiger partial charge in [-0.2, -0.15) is 0 Å². The van der Waals surface area contributed by atoms with Crippen molar-refractivity contribution in [1.82, 2.24) is 20.5 Å². The molecule has 4 amide bonds. The molecule has 0 aliphatic carbocycles. The molecule has 0 spiro atoms. The quantitative estimate of drug-likeness (QED) is 0.334. The van der Waals surface area contributed by atoms with Gasteiger partial charge in [-0.1, -0.05) is 0 Å². The Hall–Kier alpha value is -4.15. The first-order valence-corrected chi connectivity index (χ1v) is 11.8. The number of rotatable bonds is 7. The Morgan fingerprint density at radius 1 is 1.19 bits per heavy atom. The highest BCUT2D eigenvalue weighted by Gasteiger charge is 2.27. The summed E-state index contributed by atoms with van der Waals surface area (Å²) < 4.78 is 19.0. The van der Waals surface area contributed by atoms with Gasteiger partial charge in [0.1, 0.15) is 17.5 Å². The van der Waals surface area contributed by atoms with Gasteiger partial charge in [0.25, 0.3) is 11.8 Å². The number of carbonyl (C=O) groups excluding carboxylic acids is 4. The molecule has 198 valence electrons. The van der Waals surface area contributed by atoms with Crippen molar-refractivity contribution in [3.05, 3.63) is 52.6 Å². The van der Waals surface area contributed by atoms with Crippen molar-refractivity contribution >= 4 is 41.2 Å². The number of likely N-dealkylation sites (N-methyl/N-ethyl adjacent to an activating group) is 1. The number of halogens is 1. The van der Waals surface area contributed by atoms with E-state index in [4.69, 9.17) is 4.74 Å². The number of nitrogens with one attached hydrogen (secondary N) is 4. The number of nitrogens with zero attached hydrogens (tertiary/aromatic N) is 1. The summed E-state index contributed by atoms with van der Waals surface area (Å²) in [7, 11) is 1.48. The standard InChI is InChI=1S/C26H32FN5O5/c1-14-19(13-30-21(14)12-18-17-11-16(27)7-8-20(17)31-24(18)35)23(34)29-10-9-28-22(33)15(2)32(6)25(36)37-26(3,4)5/h7-8,11-13,15,30H,9-10H2,1-6H3,(H,28,33)(H,29,34)(H,31,35)/b18-12-/t15-/m0/s1. The predicted octanol–water partition coefficient (Wildman–Crippen LogP) is 3.06. The smallest absolute Gasteiger partial charge is 0.410 e. The number of fused-ring (bicyclic) bond motifs is 1. The fourth-order valence-electron chi connectivity index (χ4n) is 3.62. The second-order valence-electron chi connectivity index (χ2n) is 9.76. The summed E-state index contributed by atoms with van der Waals surface area (Å²) in [6.07, 6.45) is 2.49. The number of aromatic amines is 1. The first kappa shape index (κ1) is 27.4. The summed E-state index contributed by atoms with van der Waals surface area (Å²) >= 11 is 0. The summed E-state index contributed by atoms with van der Waals surface area (Å²) in [5, 5.41) is 8.09. The number of anilines is 1. The minimum Gasteiger partial charge on any atom is -0.444 e. The topological polar surface area (TPSA) is 133 Å². The van der Waals surface area contributed by atoms with Gasteiger partial charge in [-0.15, -0.1) is 0 Å². The van der Waals surface area contributed by atoms with Gasteiger partial charge in [0.2, 0.25) is 5.91 Å². The molecule has 1 atom stereocenters. The molecule has 10 nitrogen and oxygen atoms in total. The Bertz CT molecular complexity index is 1260. The average molecular weight is 514 g/mol. The molecule has 0 fully saturated rings. The minimum atomic E-state index is -0.764. The van der Waals surface area contributed by atoms with Gasteiger partial charge in [-0.05, 0) is 64.5 Å². The molecule has 0 saturated heterocycles. The summed E-state index contributed by atoms with van der Waals surface area (Å²) in [4.78, 5) is 53.7.